The summed E-state index contributed by atoms with van der Waals surface area (Å²) in [6.07, 6.45) is 8.86. The summed E-state index contributed by atoms with van der Waals surface area (Å²) in [4.78, 5) is 14.1. The third kappa shape index (κ3) is 3.44. The molecule has 0 atom stereocenters. The first-order valence-corrected chi connectivity index (χ1v) is 7.71. The Morgan fingerprint density at radius 2 is 2.00 bits per heavy atom. The minimum Gasteiger partial charge on any atom is -0.493 e. The zero-order valence-corrected chi connectivity index (χ0v) is 13.2. The molecule has 24 heavy (non-hydrogen) atoms. The number of H-pyrrole nitrogens is 1. The number of nitrogens with zero attached hydrogens (tertiary/aromatic N) is 1. The van der Waals surface area contributed by atoms with Gasteiger partial charge in [-0.25, -0.2) is 4.79 Å². The van der Waals surface area contributed by atoms with Crippen LogP contribution in [0.25, 0.3) is 0 Å². The molecule has 0 spiro atoms. The number of imidazole rings is 1. The molecule has 1 aromatic carbocycles. The van der Waals surface area contributed by atoms with E-state index in [4.69, 9.17) is 10.8 Å². The average molecular weight is 322 g/mol. The molecule has 0 aliphatic carbocycles. The van der Waals surface area contributed by atoms with Crippen molar-refractivity contribution in [3.63, 3.8) is 0 Å². The van der Waals surface area contributed by atoms with Crippen LogP contribution in [0.2, 0.25) is 0 Å². The summed E-state index contributed by atoms with van der Waals surface area (Å²) in [6.45, 7) is 0.135. The third-order valence-electron chi connectivity index (χ3n) is 3.90. The van der Waals surface area contributed by atoms with Gasteiger partial charge in [0, 0.05) is 6.42 Å². The SMILES string of the molecule is C#CCn1c(CCc2coc(Cc3ccccc3)c2)c(O)[nH]c1=O. The highest BCUT2D eigenvalue weighted by molar-refractivity contribution is 5.25. The van der Waals surface area contributed by atoms with Gasteiger partial charge in [-0.3, -0.25) is 9.55 Å². The molecule has 0 unspecified atom stereocenters. The smallest absolute Gasteiger partial charge is 0.329 e. The summed E-state index contributed by atoms with van der Waals surface area (Å²) in [7, 11) is 0. The van der Waals surface area contributed by atoms with Crippen LogP contribution in [0.4, 0.5) is 0 Å². The van der Waals surface area contributed by atoms with Crippen molar-refractivity contribution in [1.29, 1.82) is 0 Å². The van der Waals surface area contributed by atoms with Crippen LogP contribution in [-0.4, -0.2) is 14.7 Å². The molecule has 3 rings (SSSR count). The number of hydrogen-bond donors (Lipinski definition) is 2. The van der Waals surface area contributed by atoms with Gasteiger partial charge in [0.1, 0.15) is 5.76 Å². The molecule has 5 nitrogen and oxygen atoms in total. The number of terminal acetylenes is 1. The van der Waals surface area contributed by atoms with E-state index in [1.54, 1.807) is 6.26 Å². The van der Waals surface area contributed by atoms with Gasteiger partial charge in [0.05, 0.1) is 18.5 Å². The first kappa shape index (κ1) is 15.8. The molecule has 3 aromatic rings. The highest BCUT2D eigenvalue weighted by Crippen LogP contribution is 2.18. The molecule has 122 valence electrons. The van der Waals surface area contributed by atoms with Gasteiger partial charge in [-0.05, 0) is 30.0 Å². The predicted molar refractivity (Wildman–Crippen MR) is 90.9 cm³/mol. The van der Waals surface area contributed by atoms with E-state index in [9.17, 15) is 9.90 Å². The van der Waals surface area contributed by atoms with Crippen LogP contribution in [0.3, 0.4) is 0 Å². The highest BCUT2D eigenvalue weighted by atomic mass is 16.3. The van der Waals surface area contributed by atoms with E-state index in [1.807, 2.05) is 24.3 Å². The van der Waals surface area contributed by atoms with Crippen LogP contribution in [0.15, 0.2) is 51.9 Å². The third-order valence-corrected chi connectivity index (χ3v) is 3.90. The van der Waals surface area contributed by atoms with Crippen molar-refractivity contribution < 1.29 is 9.52 Å². The van der Waals surface area contributed by atoms with Gasteiger partial charge in [0.15, 0.2) is 0 Å². The van der Waals surface area contributed by atoms with Crippen LogP contribution in [-0.2, 0) is 25.8 Å². The van der Waals surface area contributed by atoms with E-state index in [0.717, 1.165) is 17.7 Å². The topological polar surface area (TPSA) is 71.2 Å². The maximum absolute atomic E-state index is 11.7. The van der Waals surface area contributed by atoms with Crippen LogP contribution < -0.4 is 5.69 Å². The Balaban J connectivity index is 1.68. The lowest BCUT2D eigenvalue weighted by atomic mass is 10.1. The number of aryl methyl sites for hydroxylation is 1. The Kier molecular flexibility index (Phi) is 4.57. The second kappa shape index (κ2) is 6.97. The molecule has 0 amide bonds. The van der Waals surface area contributed by atoms with Crippen molar-refractivity contribution in [2.75, 3.05) is 0 Å². The maximum atomic E-state index is 11.7. The van der Waals surface area contributed by atoms with Gasteiger partial charge in [0.2, 0.25) is 5.88 Å². The molecular formula is C19H18N2O3. The van der Waals surface area contributed by atoms with Crippen LogP contribution in [0, 0.1) is 12.3 Å². The molecule has 0 saturated heterocycles. The summed E-state index contributed by atoms with van der Waals surface area (Å²) in [5, 5.41) is 9.85. The molecule has 2 heterocycles. The van der Waals surface area contributed by atoms with Crippen molar-refractivity contribution in [2.45, 2.75) is 25.8 Å². The lowest BCUT2D eigenvalue weighted by Crippen LogP contribution is -2.18. The van der Waals surface area contributed by atoms with Gasteiger partial charge in [-0.2, -0.15) is 0 Å². The molecule has 0 aliphatic rings. The van der Waals surface area contributed by atoms with E-state index in [-0.39, 0.29) is 12.4 Å². The number of rotatable bonds is 6. The Bertz CT molecular complexity index is 910. The molecule has 5 heteroatoms. The fourth-order valence-corrected chi connectivity index (χ4v) is 2.71. The number of aromatic nitrogens is 2. The van der Waals surface area contributed by atoms with Crippen molar-refractivity contribution in [3.05, 3.63) is 75.7 Å². The molecule has 0 saturated carbocycles. The lowest BCUT2D eigenvalue weighted by Gasteiger charge is -2.03. The molecule has 0 fully saturated rings. The first-order chi connectivity index (χ1) is 11.7. The summed E-state index contributed by atoms with van der Waals surface area (Å²) < 4.78 is 6.97. The minimum atomic E-state index is -0.391. The highest BCUT2D eigenvalue weighted by Gasteiger charge is 2.13. The van der Waals surface area contributed by atoms with Crippen molar-refractivity contribution >= 4 is 0 Å². The Labute approximate surface area is 139 Å². The normalized spacial score (nSPS) is 10.6. The fraction of sp³-hybridized carbons (Fsp3) is 0.211. The van der Waals surface area contributed by atoms with E-state index in [2.05, 4.69) is 23.0 Å². The molecule has 2 aromatic heterocycles. The summed E-state index contributed by atoms with van der Waals surface area (Å²) in [5.74, 6) is 3.18. The van der Waals surface area contributed by atoms with Crippen LogP contribution >= 0.6 is 0 Å². The van der Waals surface area contributed by atoms with E-state index in [1.165, 1.54) is 10.1 Å². The standard InChI is InChI=1S/C19H18N2O3/c1-2-10-21-17(18(22)20-19(21)23)9-8-15-12-16(24-13-15)11-14-6-4-3-5-7-14/h1,3-7,12-13,22H,8-11H2,(H,20,23). The summed E-state index contributed by atoms with van der Waals surface area (Å²) >= 11 is 0. The molecular weight excluding hydrogens is 304 g/mol. The number of furan rings is 1. The van der Waals surface area contributed by atoms with Gasteiger partial charge >= 0.3 is 5.69 Å². The van der Waals surface area contributed by atoms with Gasteiger partial charge < -0.3 is 9.52 Å². The maximum Gasteiger partial charge on any atom is 0.329 e. The quantitative estimate of drug-likeness (QED) is 0.685. The largest absolute Gasteiger partial charge is 0.493 e. The lowest BCUT2D eigenvalue weighted by molar-refractivity contribution is 0.446. The number of hydrogen-bond acceptors (Lipinski definition) is 3. The Hall–Kier alpha value is -3.13. The second-order valence-corrected chi connectivity index (χ2v) is 5.60. The summed E-state index contributed by atoms with van der Waals surface area (Å²) in [5.41, 5.74) is 2.33. The Morgan fingerprint density at radius 3 is 2.75 bits per heavy atom. The van der Waals surface area contributed by atoms with Crippen molar-refractivity contribution in [1.82, 2.24) is 9.55 Å². The van der Waals surface area contributed by atoms with Crippen molar-refractivity contribution in [3.8, 4) is 18.2 Å². The van der Waals surface area contributed by atoms with Gasteiger partial charge in [-0.1, -0.05) is 36.3 Å². The predicted octanol–water partition coefficient (Wildman–Crippen LogP) is 2.48. The number of aromatic hydroxyl groups is 1. The van der Waals surface area contributed by atoms with E-state index in [0.29, 0.717) is 18.5 Å². The van der Waals surface area contributed by atoms with E-state index < -0.39 is 5.69 Å². The zero-order valence-electron chi connectivity index (χ0n) is 13.2. The second-order valence-electron chi connectivity index (χ2n) is 5.60. The molecule has 2 N–H and O–H groups in total. The zero-order chi connectivity index (χ0) is 16.9. The number of aromatic amines is 1. The van der Waals surface area contributed by atoms with Gasteiger partial charge in [-0.15, -0.1) is 6.42 Å². The Morgan fingerprint density at radius 1 is 1.21 bits per heavy atom. The first-order valence-electron chi connectivity index (χ1n) is 7.71. The molecule has 0 bridgehead atoms. The monoisotopic (exact) mass is 322 g/mol. The number of nitrogens with one attached hydrogen (secondary N) is 1. The average Bonchev–Trinajstić information content (AvgIpc) is 3.12. The summed E-state index contributed by atoms with van der Waals surface area (Å²) in [6, 6.07) is 12.1. The van der Waals surface area contributed by atoms with E-state index >= 15 is 0 Å². The molecule has 0 radical (unpaired) electrons. The molecule has 0 aliphatic heterocycles. The van der Waals surface area contributed by atoms with Crippen LogP contribution in [0.1, 0.15) is 22.6 Å². The van der Waals surface area contributed by atoms with Crippen molar-refractivity contribution in [2.24, 2.45) is 0 Å². The number of benzene rings is 1. The fourth-order valence-electron chi connectivity index (χ4n) is 2.71. The van der Waals surface area contributed by atoms with Crippen LogP contribution in [0.5, 0.6) is 5.88 Å². The van der Waals surface area contributed by atoms with Gasteiger partial charge in [0.25, 0.3) is 0 Å². The minimum absolute atomic E-state index is 0.122.